The van der Waals surface area contributed by atoms with Gasteiger partial charge in [0.25, 0.3) is 5.91 Å². The van der Waals surface area contributed by atoms with Crippen LogP contribution in [0.3, 0.4) is 0 Å². The molecule has 1 aromatic heterocycles. The van der Waals surface area contributed by atoms with E-state index in [1.807, 2.05) is 29.2 Å². The van der Waals surface area contributed by atoms with Crippen LogP contribution in [0.2, 0.25) is 0 Å². The van der Waals surface area contributed by atoms with Crippen LogP contribution in [0.5, 0.6) is 0 Å². The van der Waals surface area contributed by atoms with E-state index >= 15 is 0 Å². The molecule has 1 N–H and O–H groups in total. The van der Waals surface area contributed by atoms with Crippen molar-refractivity contribution in [1.29, 1.82) is 0 Å². The topological polar surface area (TPSA) is 62.3 Å². The number of pyridine rings is 1. The molecule has 1 fully saturated rings. The van der Waals surface area contributed by atoms with E-state index < -0.39 is 0 Å². The Bertz CT molecular complexity index is 701. The predicted octanol–water partition coefficient (Wildman–Crippen LogP) is 1.98. The Morgan fingerprint density at radius 2 is 1.91 bits per heavy atom. The first-order valence-electron chi connectivity index (χ1n) is 7.55. The number of aromatic nitrogens is 1. The number of nitrogens with zero attached hydrogens (tertiary/aromatic N) is 2. The normalized spacial score (nSPS) is 15.8. The Morgan fingerprint density at radius 1 is 1.18 bits per heavy atom. The zero-order chi connectivity index (χ0) is 15.5. The van der Waals surface area contributed by atoms with Crippen LogP contribution in [0.1, 0.15) is 30.1 Å². The number of likely N-dealkylation sites (tertiary alicyclic amines) is 1. The lowest BCUT2D eigenvalue weighted by molar-refractivity contribution is -0.129. The lowest BCUT2D eigenvalue weighted by Gasteiger charge is -2.31. The number of carbonyl (C=O) groups is 2. The first-order valence-corrected chi connectivity index (χ1v) is 7.55. The molecule has 114 valence electrons. The van der Waals surface area contributed by atoms with Crippen LogP contribution in [0, 0.1) is 0 Å². The highest BCUT2D eigenvalue weighted by molar-refractivity contribution is 6.05. The van der Waals surface area contributed by atoms with E-state index in [1.165, 1.54) is 0 Å². The summed E-state index contributed by atoms with van der Waals surface area (Å²) in [6.07, 6.45) is 3.29. The molecular formula is C17H19N3O2. The number of fused-ring (bicyclic) bond motifs is 1. The van der Waals surface area contributed by atoms with Gasteiger partial charge >= 0.3 is 0 Å². The predicted molar refractivity (Wildman–Crippen MR) is 84.5 cm³/mol. The Kier molecular flexibility index (Phi) is 4.04. The second-order valence-electron chi connectivity index (χ2n) is 5.63. The van der Waals surface area contributed by atoms with E-state index in [1.54, 1.807) is 19.2 Å². The Morgan fingerprint density at radius 3 is 2.64 bits per heavy atom. The van der Waals surface area contributed by atoms with E-state index in [2.05, 4.69) is 10.3 Å². The van der Waals surface area contributed by atoms with Crippen molar-refractivity contribution in [3.63, 3.8) is 0 Å². The summed E-state index contributed by atoms with van der Waals surface area (Å²) in [4.78, 5) is 30.0. The van der Waals surface area contributed by atoms with Crippen molar-refractivity contribution in [2.24, 2.45) is 0 Å². The van der Waals surface area contributed by atoms with E-state index in [0.29, 0.717) is 18.7 Å². The molecule has 1 saturated heterocycles. The number of hydrogen-bond donors (Lipinski definition) is 1. The molecule has 1 aromatic carbocycles. The molecule has 0 unspecified atom stereocenters. The van der Waals surface area contributed by atoms with Gasteiger partial charge in [-0.05, 0) is 25.0 Å². The van der Waals surface area contributed by atoms with Gasteiger partial charge in [-0.15, -0.1) is 0 Å². The summed E-state index contributed by atoms with van der Waals surface area (Å²) in [5, 5.41) is 4.03. The summed E-state index contributed by atoms with van der Waals surface area (Å²) < 4.78 is 0. The highest BCUT2D eigenvalue weighted by Gasteiger charge is 2.23. The molecule has 0 radical (unpaired) electrons. The van der Waals surface area contributed by atoms with Crippen LogP contribution in [0.4, 0.5) is 0 Å². The zero-order valence-electron chi connectivity index (χ0n) is 12.6. The van der Waals surface area contributed by atoms with Gasteiger partial charge in [0, 0.05) is 37.6 Å². The lowest BCUT2D eigenvalue weighted by atomic mass is 10.0. The number of nitrogens with one attached hydrogen (secondary N) is 1. The average molecular weight is 297 g/mol. The van der Waals surface area contributed by atoms with Gasteiger partial charge in [-0.3, -0.25) is 14.6 Å². The monoisotopic (exact) mass is 297 g/mol. The first kappa shape index (κ1) is 14.5. The maximum atomic E-state index is 12.5. The number of piperidine rings is 1. The molecule has 3 rings (SSSR count). The van der Waals surface area contributed by atoms with E-state index in [0.717, 1.165) is 23.7 Å². The minimum atomic E-state index is -0.0921. The number of carbonyl (C=O) groups excluding carboxylic acids is 2. The number of amides is 2. The number of rotatable bonds is 2. The molecule has 2 aromatic rings. The van der Waals surface area contributed by atoms with Gasteiger partial charge in [0.15, 0.2) is 0 Å². The third-order valence-corrected chi connectivity index (χ3v) is 4.15. The van der Waals surface area contributed by atoms with Crippen LogP contribution in [0.15, 0.2) is 36.5 Å². The van der Waals surface area contributed by atoms with Gasteiger partial charge in [0.2, 0.25) is 5.91 Å². The van der Waals surface area contributed by atoms with Crippen molar-refractivity contribution in [2.75, 3.05) is 13.1 Å². The zero-order valence-corrected chi connectivity index (χ0v) is 12.6. The third-order valence-electron chi connectivity index (χ3n) is 4.15. The molecule has 22 heavy (non-hydrogen) atoms. The largest absolute Gasteiger partial charge is 0.349 e. The van der Waals surface area contributed by atoms with Gasteiger partial charge in [0.05, 0.1) is 11.1 Å². The SMILES string of the molecule is CC(=O)N1CCC(NC(=O)c2cccc3cccnc23)CC1. The highest BCUT2D eigenvalue weighted by atomic mass is 16.2. The smallest absolute Gasteiger partial charge is 0.253 e. The Labute approximate surface area is 129 Å². The summed E-state index contributed by atoms with van der Waals surface area (Å²) in [5.74, 6) is 0.00797. The molecule has 1 aliphatic rings. The summed E-state index contributed by atoms with van der Waals surface area (Å²) in [7, 11) is 0. The second kappa shape index (κ2) is 6.13. The summed E-state index contributed by atoms with van der Waals surface area (Å²) in [6, 6.07) is 9.55. The maximum Gasteiger partial charge on any atom is 0.253 e. The molecule has 1 aliphatic heterocycles. The fourth-order valence-electron chi connectivity index (χ4n) is 2.89. The van der Waals surface area contributed by atoms with Gasteiger partial charge in [-0.25, -0.2) is 0 Å². The quantitative estimate of drug-likeness (QED) is 0.922. The molecule has 5 heteroatoms. The molecule has 5 nitrogen and oxygen atoms in total. The Hall–Kier alpha value is -2.43. The van der Waals surface area contributed by atoms with Crippen LogP contribution >= 0.6 is 0 Å². The number of para-hydroxylation sites is 1. The molecule has 0 saturated carbocycles. The molecule has 0 bridgehead atoms. The minimum absolute atomic E-state index is 0.0921. The highest BCUT2D eigenvalue weighted by Crippen LogP contribution is 2.17. The third kappa shape index (κ3) is 2.93. The second-order valence-corrected chi connectivity index (χ2v) is 5.63. The molecule has 0 aliphatic carbocycles. The van der Waals surface area contributed by atoms with E-state index in [9.17, 15) is 9.59 Å². The molecule has 0 atom stereocenters. The Balaban J connectivity index is 1.71. The fourth-order valence-corrected chi connectivity index (χ4v) is 2.89. The van der Waals surface area contributed by atoms with E-state index in [-0.39, 0.29) is 17.9 Å². The standard InChI is InChI=1S/C17H19N3O2/c1-12(21)20-10-7-14(8-11-20)19-17(22)15-6-2-4-13-5-3-9-18-16(13)15/h2-6,9,14H,7-8,10-11H2,1H3,(H,19,22). The fraction of sp³-hybridized carbons (Fsp3) is 0.353. The lowest BCUT2D eigenvalue weighted by Crippen LogP contribution is -2.46. The number of benzene rings is 1. The van der Waals surface area contributed by atoms with Gasteiger partial charge in [0.1, 0.15) is 0 Å². The summed E-state index contributed by atoms with van der Waals surface area (Å²) >= 11 is 0. The van der Waals surface area contributed by atoms with Crippen molar-refractivity contribution < 1.29 is 9.59 Å². The van der Waals surface area contributed by atoms with Gasteiger partial charge in [-0.1, -0.05) is 18.2 Å². The van der Waals surface area contributed by atoms with Gasteiger partial charge in [-0.2, -0.15) is 0 Å². The van der Waals surface area contributed by atoms with Crippen LogP contribution < -0.4 is 5.32 Å². The van der Waals surface area contributed by atoms with Gasteiger partial charge < -0.3 is 10.2 Å². The minimum Gasteiger partial charge on any atom is -0.349 e. The maximum absolute atomic E-state index is 12.5. The van der Waals surface area contributed by atoms with E-state index in [4.69, 9.17) is 0 Å². The number of hydrogen-bond acceptors (Lipinski definition) is 3. The average Bonchev–Trinajstić information content (AvgIpc) is 2.54. The first-order chi connectivity index (χ1) is 10.6. The van der Waals surface area contributed by atoms with Crippen LogP contribution in [0.25, 0.3) is 10.9 Å². The molecule has 2 amide bonds. The van der Waals surface area contributed by atoms with Crippen LogP contribution in [-0.2, 0) is 4.79 Å². The van der Waals surface area contributed by atoms with Crippen molar-refractivity contribution >= 4 is 22.7 Å². The summed E-state index contributed by atoms with van der Waals surface area (Å²) in [6.45, 7) is 2.99. The summed E-state index contributed by atoms with van der Waals surface area (Å²) in [5.41, 5.74) is 1.33. The van der Waals surface area contributed by atoms with Crippen molar-refractivity contribution in [3.8, 4) is 0 Å². The van der Waals surface area contributed by atoms with Crippen molar-refractivity contribution in [2.45, 2.75) is 25.8 Å². The molecule has 0 spiro atoms. The van der Waals surface area contributed by atoms with Crippen molar-refractivity contribution in [3.05, 3.63) is 42.1 Å². The van der Waals surface area contributed by atoms with Crippen molar-refractivity contribution in [1.82, 2.24) is 15.2 Å². The molecule has 2 heterocycles. The molecular weight excluding hydrogens is 278 g/mol. The van der Waals surface area contributed by atoms with Crippen LogP contribution in [-0.4, -0.2) is 40.8 Å².